The third-order valence-corrected chi connectivity index (χ3v) is 5.68. The number of ether oxygens (including phenoxy) is 1. The fourth-order valence-electron chi connectivity index (χ4n) is 2.85. The number of sulfonamides is 1. The van der Waals surface area contributed by atoms with Gasteiger partial charge in [0, 0.05) is 31.0 Å². The highest BCUT2D eigenvalue weighted by Crippen LogP contribution is 2.32. The number of halogens is 3. The third-order valence-electron chi connectivity index (χ3n) is 4.34. The number of aryl methyl sites for hydroxylation is 1. The number of pyridine rings is 2. The van der Waals surface area contributed by atoms with Crippen LogP contribution in [-0.2, 0) is 23.2 Å². The molecule has 0 amide bonds. The molecule has 0 saturated heterocycles. The van der Waals surface area contributed by atoms with Crippen LogP contribution in [0.4, 0.5) is 18.9 Å². The van der Waals surface area contributed by atoms with E-state index in [0.717, 1.165) is 17.1 Å². The average Bonchev–Trinajstić information content (AvgIpc) is 3.36. The predicted octanol–water partition coefficient (Wildman–Crippen LogP) is 2.38. The summed E-state index contributed by atoms with van der Waals surface area (Å²) in [5.74, 6) is 0.0582. The van der Waals surface area contributed by atoms with Crippen LogP contribution >= 0.6 is 0 Å². The minimum Gasteiger partial charge on any atom is -0.479 e. The minimum absolute atomic E-state index is 0.0161. The summed E-state index contributed by atoms with van der Waals surface area (Å²) in [6.45, 7) is 0. The standard InChI is InChI=1S/C17H14F3N7O3S/c1-26-15-10(6-23-26)5-22-16(30-2)14(15)25-31(28,29)12-3-4-13(21-8-12)27-9-11(7-24-27)17(18,19)20/h3-9,25H,1-2H3. The van der Waals surface area contributed by atoms with Gasteiger partial charge in [0.15, 0.2) is 5.82 Å². The van der Waals surface area contributed by atoms with Crippen molar-refractivity contribution in [2.24, 2.45) is 7.05 Å². The first-order chi connectivity index (χ1) is 14.6. The van der Waals surface area contributed by atoms with Crippen LogP contribution in [0.25, 0.3) is 16.7 Å². The number of aromatic nitrogens is 6. The van der Waals surface area contributed by atoms with Crippen LogP contribution in [0.5, 0.6) is 5.88 Å². The summed E-state index contributed by atoms with van der Waals surface area (Å²) in [5.41, 5.74) is -0.404. The lowest BCUT2D eigenvalue weighted by Gasteiger charge is -2.13. The molecule has 0 fully saturated rings. The predicted molar refractivity (Wildman–Crippen MR) is 102 cm³/mol. The van der Waals surface area contributed by atoms with Gasteiger partial charge in [-0.3, -0.25) is 9.40 Å². The summed E-state index contributed by atoms with van der Waals surface area (Å²) in [5, 5.41) is 8.28. The molecule has 0 bridgehead atoms. The van der Waals surface area contributed by atoms with Crippen LogP contribution in [0.3, 0.4) is 0 Å². The summed E-state index contributed by atoms with van der Waals surface area (Å²) >= 11 is 0. The Morgan fingerprint density at radius 3 is 2.45 bits per heavy atom. The van der Waals surface area contributed by atoms with Crippen molar-refractivity contribution in [2.75, 3.05) is 11.8 Å². The van der Waals surface area contributed by atoms with Gasteiger partial charge >= 0.3 is 6.18 Å². The first-order valence-corrected chi connectivity index (χ1v) is 10.0. The number of hydrogen-bond acceptors (Lipinski definition) is 7. The molecule has 0 saturated carbocycles. The fraction of sp³-hybridized carbons (Fsp3) is 0.176. The summed E-state index contributed by atoms with van der Waals surface area (Å²) in [6, 6.07) is 2.44. The van der Waals surface area contributed by atoms with Gasteiger partial charge in [-0.05, 0) is 12.1 Å². The summed E-state index contributed by atoms with van der Waals surface area (Å²) in [6.07, 6.45) is 0.890. The molecule has 4 aromatic heterocycles. The molecule has 0 radical (unpaired) electrons. The maximum Gasteiger partial charge on any atom is 0.419 e. The Balaban J connectivity index is 1.67. The van der Waals surface area contributed by atoms with Gasteiger partial charge in [0.05, 0.1) is 30.6 Å². The first kappa shape index (κ1) is 20.6. The van der Waals surface area contributed by atoms with Crippen LogP contribution in [0.2, 0.25) is 0 Å². The van der Waals surface area contributed by atoms with Crippen molar-refractivity contribution in [2.45, 2.75) is 11.1 Å². The Labute approximate surface area is 173 Å². The maximum absolute atomic E-state index is 12.9. The monoisotopic (exact) mass is 453 g/mol. The SMILES string of the molecule is COc1ncc2cnn(C)c2c1NS(=O)(=O)c1ccc(-n2cc(C(F)(F)F)cn2)nc1. The minimum atomic E-state index is -4.55. The Morgan fingerprint density at radius 1 is 1.06 bits per heavy atom. The van der Waals surface area contributed by atoms with Crippen molar-refractivity contribution >= 4 is 26.6 Å². The zero-order valence-corrected chi connectivity index (χ0v) is 16.8. The van der Waals surface area contributed by atoms with E-state index in [1.54, 1.807) is 7.05 Å². The number of hydrogen-bond donors (Lipinski definition) is 1. The Morgan fingerprint density at radius 2 is 1.84 bits per heavy atom. The van der Waals surface area contributed by atoms with Gasteiger partial charge in [-0.25, -0.2) is 23.1 Å². The molecular weight excluding hydrogens is 439 g/mol. The molecule has 0 atom stereocenters. The van der Waals surface area contributed by atoms with Crippen molar-refractivity contribution in [3.8, 4) is 11.7 Å². The van der Waals surface area contributed by atoms with E-state index in [0.29, 0.717) is 17.1 Å². The van der Waals surface area contributed by atoms with Crippen LogP contribution in [-0.4, -0.2) is 45.1 Å². The summed E-state index contributed by atoms with van der Waals surface area (Å²) < 4.78 is 74.0. The van der Waals surface area contributed by atoms with Crippen molar-refractivity contribution in [3.63, 3.8) is 0 Å². The molecule has 4 heterocycles. The van der Waals surface area contributed by atoms with Crippen molar-refractivity contribution in [1.82, 2.24) is 29.5 Å². The zero-order valence-electron chi connectivity index (χ0n) is 16.0. The highest BCUT2D eigenvalue weighted by Gasteiger charge is 2.32. The van der Waals surface area contributed by atoms with Gasteiger partial charge in [-0.2, -0.15) is 23.4 Å². The molecular formula is C17H14F3N7O3S. The summed E-state index contributed by atoms with van der Waals surface area (Å²) in [7, 11) is -1.15. The van der Waals surface area contributed by atoms with E-state index in [4.69, 9.17) is 4.74 Å². The topological polar surface area (TPSA) is 117 Å². The maximum atomic E-state index is 12.9. The van der Waals surface area contributed by atoms with Gasteiger partial charge in [-0.1, -0.05) is 0 Å². The van der Waals surface area contributed by atoms with Crippen molar-refractivity contribution in [3.05, 3.63) is 48.7 Å². The number of methoxy groups -OCH3 is 1. The van der Waals surface area contributed by atoms with E-state index >= 15 is 0 Å². The molecule has 1 N–H and O–H groups in total. The average molecular weight is 453 g/mol. The lowest BCUT2D eigenvalue weighted by atomic mass is 10.3. The summed E-state index contributed by atoms with van der Waals surface area (Å²) in [4.78, 5) is 7.76. The van der Waals surface area contributed by atoms with E-state index in [9.17, 15) is 21.6 Å². The second kappa shape index (κ2) is 7.23. The number of nitrogens with one attached hydrogen (secondary N) is 1. The number of alkyl halides is 3. The van der Waals surface area contributed by atoms with Gasteiger partial charge in [0.2, 0.25) is 5.88 Å². The van der Waals surface area contributed by atoms with Crippen molar-refractivity contribution < 1.29 is 26.3 Å². The number of fused-ring (bicyclic) bond motifs is 1. The highest BCUT2D eigenvalue weighted by atomic mass is 32.2. The van der Waals surface area contributed by atoms with Gasteiger partial charge in [0.1, 0.15) is 10.6 Å². The molecule has 4 aromatic rings. The zero-order chi connectivity index (χ0) is 22.4. The lowest BCUT2D eigenvalue weighted by Crippen LogP contribution is -2.15. The fourth-order valence-corrected chi connectivity index (χ4v) is 3.86. The highest BCUT2D eigenvalue weighted by molar-refractivity contribution is 7.92. The smallest absolute Gasteiger partial charge is 0.419 e. The largest absolute Gasteiger partial charge is 0.479 e. The second-order valence-corrected chi connectivity index (χ2v) is 8.03. The molecule has 0 aliphatic rings. The number of nitrogens with zero attached hydrogens (tertiary/aromatic N) is 6. The molecule has 14 heteroatoms. The van der Waals surface area contributed by atoms with E-state index < -0.39 is 21.8 Å². The Bertz CT molecular complexity index is 1360. The van der Waals surface area contributed by atoms with Crippen LogP contribution in [0, 0.1) is 0 Å². The molecule has 0 aliphatic carbocycles. The van der Waals surface area contributed by atoms with Gasteiger partial charge in [-0.15, -0.1) is 0 Å². The quantitative estimate of drug-likeness (QED) is 0.493. The Hall–Kier alpha value is -3.68. The van der Waals surface area contributed by atoms with E-state index in [1.807, 2.05) is 0 Å². The molecule has 0 aromatic carbocycles. The molecule has 10 nitrogen and oxygen atoms in total. The lowest BCUT2D eigenvalue weighted by molar-refractivity contribution is -0.137. The second-order valence-electron chi connectivity index (χ2n) is 6.34. The van der Waals surface area contributed by atoms with Gasteiger partial charge < -0.3 is 4.74 Å². The normalized spacial score (nSPS) is 12.3. The van der Waals surface area contributed by atoms with Crippen LogP contribution in [0.15, 0.2) is 48.0 Å². The Kier molecular flexibility index (Phi) is 4.80. The number of rotatable bonds is 5. The van der Waals surface area contributed by atoms with Crippen molar-refractivity contribution in [1.29, 1.82) is 0 Å². The van der Waals surface area contributed by atoms with E-state index in [1.165, 1.54) is 36.3 Å². The van der Waals surface area contributed by atoms with Gasteiger partial charge in [0.25, 0.3) is 10.0 Å². The van der Waals surface area contributed by atoms with Crippen LogP contribution < -0.4 is 9.46 Å². The molecule has 31 heavy (non-hydrogen) atoms. The van der Waals surface area contributed by atoms with Crippen LogP contribution in [0.1, 0.15) is 5.56 Å². The molecule has 4 rings (SSSR count). The third kappa shape index (κ3) is 3.76. The first-order valence-electron chi connectivity index (χ1n) is 8.56. The van der Waals surface area contributed by atoms with E-state index in [-0.39, 0.29) is 22.3 Å². The molecule has 0 unspecified atom stereocenters. The molecule has 0 aliphatic heterocycles. The molecule has 0 spiro atoms. The number of anilines is 1. The van der Waals surface area contributed by atoms with E-state index in [2.05, 4.69) is 24.9 Å². The molecule has 162 valence electrons.